The Morgan fingerprint density at radius 3 is 2.50 bits per heavy atom. The lowest BCUT2D eigenvalue weighted by Gasteiger charge is -2.01. The van der Waals surface area contributed by atoms with E-state index in [9.17, 15) is 4.39 Å². The molecule has 14 heavy (non-hydrogen) atoms. The van der Waals surface area contributed by atoms with Crippen LogP contribution in [0.15, 0.2) is 12.1 Å². The summed E-state index contributed by atoms with van der Waals surface area (Å²) < 4.78 is 13.4. The number of aromatic nitrogens is 2. The van der Waals surface area contributed by atoms with Crippen LogP contribution < -0.4 is 0 Å². The predicted octanol–water partition coefficient (Wildman–Crippen LogP) is 3.38. The largest absolute Gasteiger partial charge is 0.231 e. The molecule has 0 aliphatic carbocycles. The minimum absolute atomic E-state index is 0.0157. The summed E-state index contributed by atoms with van der Waals surface area (Å²) in [6, 6.07) is 3.08. The molecule has 72 valence electrons. The number of fused-ring (bicyclic) bond motifs is 1. The molecule has 0 aliphatic heterocycles. The molecule has 0 N–H and O–H groups in total. The van der Waals surface area contributed by atoms with Gasteiger partial charge in [0.05, 0.1) is 5.52 Å². The van der Waals surface area contributed by atoms with Crippen molar-refractivity contribution in [3.05, 3.63) is 33.8 Å². The van der Waals surface area contributed by atoms with E-state index in [1.54, 1.807) is 13.0 Å². The van der Waals surface area contributed by atoms with Gasteiger partial charge in [-0.2, -0.15) is 0 Å². The van der Waals surface area contributed by atoms with Crippen molar-refractivity contribution in [1.82, 2.24) is 9.97 Å². The van der Waals surface area contributed by atoms with E-state index in [4.69, 9.17) is 23.2 Å². The zero-order chi connectivity index (χ0) is 10.3. The van der Waals surface area contributed by atoms with Crippen molar-refractivity contribution in [3.8, 4) is 0 Å². The SMILES string of the molecule is Cc1cc(F)c2nc(Cl)c(Cl)nc2c1. The highest BCUT2D eigenvalue weighted by Crippen LogP contribution is 2.23. The standard InChI is InChI=1S/C9H5Cl2FN2/c1-4-2-5(12)7-6(3-4)13-8(10)9(11)14-7/h2-3H,1H3. The molecule has 0 spiro atoms. The zero-order valence-corrected chi connectivity index (χ0v) is 8.69. The highest BCUT2D eigenvalue weighted by atomic mass is 35.5. The molecule has 5 heteroatoms. The van der Waals surface area contributed by atoms with E-state index in [2.05, 4.69) is 9.97 Å². The number of halogens is 3. The molecule has 0 saturated heterocycles. The Morgan fingerprint density at radius 1 is 1.14 bits per heavy atom. The predicted molar refractivity (Wildman–Crippen MR) is 54.3 cm³/mol. The van der Waals surface area contributed by atoms with E-state index in [1.165, 1.54) is 6.07 Å². The topological polar surface area (TPSA) is 25.8 Å². The van der Waals surface area contributed by atoms with Crippen molar-refractivity contribution >= 4 is 34.2 Å². The van der Waals surface area contributed by atoms with E-state index in [0.29, 0.717) is 5.52 Å². The fourth-order valence-electron chi connectivity index (χ4n) is 1.21. The van der Waals surface area contributed by atoms with Crippen LogP contribution in [0.2, 0.25) is 10.3 Å². The molecule has 0 bridgehead atoms. The van der Waals surface area contributed by atoms with Crippen LogP contribution in [0.1, 0.15) is 5.56 Å². The minimum Gasteiger partial charge on any atom is -0.231 e. The number of nitrogens with zero attached hydrogens (tertiary/aromatic N) is 2. The van der Waals surface area contributed by atoms with Crippen molar-refractivity contribution in [3.63, 3.8) is 0 Å². The Hall–Kier alpha value is -0.930. The Balaban J connectivity index is 2.89. The monoisotopic (exact) mass is 230 g/mol. The molecular weight excluding hydrogens is 226 g/mol. The summed E-state index contributed by atoms with van der Waals surface area (Å²) in [4.78, 5) is 7.74. The Morgan fingerprint density at radius 2 is 1.79 bits per heavy atom. The van der Waals surface area contributed by atoms with E-state index in [-0.39, 0.29) is 15.8 Å². The first-order valence-electron chi connectivity index (χ1n) is 3.87. The molecule has 2 aromatic rings. The van der Waals surface area contributed by atoms with Crippen molar-refractivity contribution in [2.75, 3.05) is 0 Å². The summed E-state index contributed by atoms with van der Waals surface area (Å²) in [5.41, 5.74) is 1.32. The first kappa shape index (κ1) is 9.62. The second-order valence-electron chi connectivity index (χ2n) is 2.92. The average molecular weight is 231 g/mol. The van der Waals surface area contributed by atoms with Crippen LogP contribution in [-0.4, -0.2) is 9.97 Å². The summed E-state index contributed by atoms with van der Waals surface area (Å²) in [6.07, 6.45) is 0. The van der Waals surface area contributed by atoms with Crippen molar-refractivity contribution in [2.45, 2.75) is 6.92 Å². The van der Waals surface area contributed by atoms with Gasteiger partial charge in [-0.1, -0.05) is 23.2 Å². The number of aryl methyl sites for hydroxylation is 1. The fraction of sp³-hybridized carbons (Fsp3) is 0.111. The molecule has 0 amide bonds. The van der Waals surface area contributed by atoms with Crippen LogP contribution in [-0.2, 0) is 0 Å². The third-order valence-electron chi connectivity index (χ3n) is 1.79. The summed E-state index contributed by atoms with van der Waals surface area (Å²) in [7, 11) is 0. The maximum atomic E-state index is 13.4. The fourth-order valence-corrected chi connectivity index (χ4v) is 1.47. The van der Waals surface area contributed by atoms with Gasteiger partial charge in [-0.05, 0) is 24.6 Å². The van der Waals surface area contributed by atoms with E-state index < -0.39 is 5.82 Å². The molecule has 0 aliphatic rings. The van der Waals surface area contributed by atoms with E-state index in [0.717, 1.165) is 5.56 Å². The lowest BCUT2D eigenvalue weighted by Crippen LogP contribution is -1.91. The lowest BCUT2D eigenvalue weighted by atomic mass is 10.2. The van der Waals surface area contributed by atoms with Crippen LogP contribution in [0.3, 0.4) is 0 Å². The number of benzene rings is 1. The Bertz CT molecular complexity index is 514. The van der Waals surface area contributed by atoms with Gasteiger partial charge < -0.3 is 0 Å². The summed E-state index contributed by atoms with van der Waals surface area (Å²) in [5.74, 6) is -0.439. The maximum Gasteiger partial charge on any atom is 0.167 e. The highest BCUT2D eigenvalue weighted by molar-refractivity contribution is 6.40. The minimum atomic E-state index is -0.439. The average Bonchev–Trinajstić information content (AvgIpc) is 2.08. The van der Waals surface area contributed by atoms with Crippen LogP contribution >= 0.6 is 23.2 Å². The molecule has 0 radical (unpaired) electrons. The van der Waals surface area contributed by atoms with Gasteiger partial charge in [-0.15, -0.1) is 0 Å². The van der Waals surface area contributed by atoms with Crippen molar-refractivity contribution in [2.24, 2.45) is 0 Å². The van der Waals surface area contributed by atoms with Gasteiger partial charge in [0.2, 0.25) is 0 Å². The van der Waals surface area contributed by atoms with Gasteiger partial charge >= 0.3 is 0 Å². The number of hydrogen-bond acceptors (Lipinski definition) is 2. The van der Waals surface area contributed by atoms with E-state index >= 15 is 0 Å². The third kappa shape index (κ3) is 1.53. The van der Waals surface area contributed by atoms with Gasteiger partial charge in [0, 0.05) is 0 Å². The van der Waals surface area contributed by atoms with E-state index in [1.807, 2.05) is 0 Å². The van der Waals surface area contributed by atoms with Crippen LogP contribution in [0, 0.1) is 12.7 Å². The second-order valence-corrected chi connectivity index (χ2v) is 3.64. The molecule has 0 saturated carbocycles. The van der Waals surface area contributed by atoms with Crippen molar-refractivity contribution in [1.29, 1.82) is 0 Å². The molecule has 0 fully saturated rings. The van der Waals surface area contributed by atoms with Crippen LogP contribution in [0.25, 0.3) is 11.0 Å². The Labute approximate surface area is 89.7 Å². The Kier molecular flexibility index (Phi) is 2.29. The molecule has 1 aromatic carbocycles. The van der Waals surface area contributed by atoms with Crippen LogP contribution in [0.4, 0.5) is 4.39 Å². The zero-order valence-electron chi connectivity index (χ0n) is 7.18. The molecular formula is C9H5Cl2FN2. The van der Waals surface area contributed by atoms with Gasteiger partial charge in [0.25, 0.3) is 0 Å². The summed E-state index contributed by atoms with van der Waals surface area (Å²) in [6.45, 7) is 1.77. The first-order valence-corrected chi connectivity index (χ1v) is 4.62. The third-order valence-corrected chi connectivity index (χ3v) is 2.41. The molecule has 1 heterocycles. The van der Waals surface area contributed by atoms with Gasteiger partial charge in [0.1, 0.15) is 5.52 Å². The molecule has 1 aromatic heterocycles. The molecule has 2 rings (SSSR count). The molecule has 0 atom stereocenters. The number of rotatable bonds is 0. The number of hydrogen-bond donors (Lipinski definition) is 0. The van der Waals surface area contributed by atoms with Crippen LogP contribution in [0.5, 0.6) is 0 Å². The summed E-state index contributed by atoms with van der Waals surface area (Å²) in [5, 5.41) is 0.103. The second kappa shape index (κ2) is 3.33. The van der Waals surface area contributed by atoms with Crippen molar-refractivity contribution < 1.29 is 4.39 Å². The highest BCUT2D eigenvalue weighted by Gasteiger charge is 2.08. The normalized spacial score (nSPS) is 10.9. The summed E-state index contributed by atoms with van der Waals surface area (Å²) >= 11 is 11.3. The quantitative estimate of drug-likeness (QED) is 0.694. The van der Waals surface area contributed by atoms with Gasteiger partial charge in [-0.25, -0.2) is 14.4 Å². The van der Waals surface area contributed by atoms with Gasteiger partial charge in [0.15, 0.2) is 16.1 Å². The lowest BCUT2D eigenvalue weighted by molar-refractivity contribution is 0.635. The molecule has 0 unspecified atom stereocenters. The van der Waals surface area contributed by atoms with Gasteiger partial charge in [-0.3, -0.25) is 0 Å². The first-order chi connectivity index (χ1) is 6.58. The smallest absolute Gasteiger partial charge is 0.167 e. The maximum absolute atomic E-state index is 13.4. The molecule has 2 nitrogen and oxygen atoms in total.